The van der Waals surface area contributed by atoms with Crippen LogP contribution < -0.4 is 5.32 Å². The standard InChI is InChI=1S/C17H18F6N4O3/c1-9-2-3-11(26-25-9)24-12(28)10-8-15(10)4-6-27(7-5-15)14(29)30-13(16(18,19)20)17(21,22)23/h2-3,10,13H,4-8H2,1H3,(H,24,26,28)/t10-/m0/s1. The number of aromatic nitrogens is 2. The third-order valence-corrected chi connectivity index (χ3v) is 5.39. The maximum absolute atomic E-state index is 12.5. The van der Waals surface area contributed by atoms with Gasteiger partial charge >= 0.3 is 18.4 Å². The van der Waals surface area contributed by atoms with Gasteiger partial charge in [-0.1, -0.05) is 0 Å². The van der Waals surface area contributed by atoms with Crippen molar-refractivity contribution in [2.75, 3.05) is 18.4 Å². The van der Waals surface area contributed by atoms with Crippen LogP contribution >= 0.6 is 0 Å². The molecule has 1 saturated carbocycles. The number of carbonyl (C=O) groups excluding carboxylic acids is 2. The number of nitrogens with one attached hydrogen (secondary N) is 1. The molecule has 1 spiro atoms. The summed E-state index contributed by atoms with van der Waals surface area (Å²) < 4.78 is 79.0. The molecule has 1 aromatic rings. The molecule has 3 rings (SSSR count). The van der Waals surface area contributed by atoms with Gasteiger partial charge in [-0.05, 0) is 43.7 Å². The van der Waals surface area contributed by atoms with E-state index in [1.54, 1.807) is 19.1 Å². The van der Waals surface area contributed by atoms with E-state index in [-0.39, 0.29) is 43.6 Å². The minimum atomic E-state index is -5.76. The zero-order valence-electron chi connectivity index (χ0n) is 15.7. The quantitative estimate of drug-likeness (QED) is 0.728. The SMILES string of the molecule is Cc1ccc(NC(=O)[C@@H]2CC23CCN(C(=O)OC(C(F)(F)F)C(F)(F)F)CC3)nn1. The Hall–Kier alpha value is -2.60. The first kappa shape index (κ1) is 22.1. The number of hydrogen-bond donors (Lipinski definition) is 1. The number of alkyl halides is 6. The number of nitrogens with zero attached hydrogens (tertiary/aromatic N) is 3. The molecule has 2 amide bonds. The normalized spacial score (nSPS) is 20.9. The van der Waals surface area contributed by atoms with Crippen LogP contribution in [0.4, 0.5) is 37.0 Å². The summed E-state index contributed by atoms with van der Waals surface area (Å²) in [5.74, 6) is -0.394. The van der Waals surface area contributed by atoms with Crippen LogP contribution in [-0.4, -0.2) is 58.6 Å². The van der Waals surface area contributed by atoms with Crippen LogP contribution in [0, 0.1) is 18.3 Å². The molecule has 0 unspecified atom stereocenters. The van der Waals surface area contributed by atoms with E-state index in [1.165, 1.54) is 0 Å². The van der Waals surface area contributed by atoms with Gasteiger partial charge in [-0.2, -0.15) is 31.4 Å². The summed E-state index contributed by atoms with van der Waals surface area (Å²) in [6, 6.07) is 3.26. The van der Waals surface area contributed by atoms with Gasteiger partial charge in [0.25, 0.3) is 6.10 Å². The van der Waals surface area contributed by atoms with Gasteiger partial charge in [-0.3, -0.25) is 4.79 Å². The van der Waals surface area contributed by atoms with Gasteiger partial charge in [0, 0.05) is 19.0 Å². The molecule has 13 heteroatoms. The summed E-state index contributed by atoms with van der Waals surface area (Å²) in [6.45, 7) is 1.53. The van der Waals surface area contributed by atoms with E-state index in [4.69, 9.17) is 0 Å². The highest BCUT2D eigenvalue weighted by molar-refractivity contribution is 5.94. The molecule has 1 N–H and O–H groups in total. The third-order valence-electron chi connectivity index (χ3n) is 5.39. The zero-order chi connectivity index (χ0) is 22.3. The summed E-state index contributed by atoms with van der Waals surface area (Å²) in [5, 5.41) is 10.3. The minimum absolute atomic E-state index is 0.102. The lowest BCUT2D eigenvalue weighted by atomic mass is 9.91. The Kier molecular flexibility index (Phi) is 5.58. The molecule has 0 radical (unpaired) electrons. The van der Waals surface area contributed by atoms with Crippen molar-refractivity contribution < 1.29 is 40.7 Å². The van der Waals surface area contributed by atoms with Gasteiger partial charge in [-0.25, -0.2) is 4.79 Å². The average Bonchev–Trinajstić information content (AvgIpc) is 3.33. The number of halogens is 6. The van der Waals surface area contributed by atoms with Crippen LogP contribution in [-0.2, 0) is 9.53 Å². The number of aryl methyl sites for hydroxylation is 1. The predicted octanol–water partition coefficient (Wildman–Crippen LogP) is 3.46. The highest BCUT2D eigenvalue weighted by Crippen LogP contribution is 2.59. The van der Waals surface area contributed by atoms with Crippen molar-refractivity contribution >= 4 is 17.8 Å². The molecule has 1 saturated heterocycles. The molecule has 2 aliphatic rings. The largest absolute Gasteiger partial charge is 0.434 e. The van der Waals surface area contributed by atoms with Crippen LogP contribution in [0.25, 0.3) is 0 Å². The molecule has 166 valence electrons. The van der Waals surface area contributed by atoms with Gasteiger partial charge in [-0.15, -0.1) is 5.10 Å². The van der Waals surface area contributed by atoms with Gasteiger partial charge in [0.05, 0.1) is 5.69 Å². The fourth-order valence-electron chi connectivity index (χ4n) is 3.58. The van der Waals surface area contributed by atoms with E-state index in [0.717, 1.165) is 4.90 Å². The fourth-order valence-corrected chi connectivity index (χ4v) is 3.58. The van der Waals surface area contributed by atoms with Crippen molar-refractivity contribution in [3.05, 3.63) is 17.8 Å². The van der Waals surface area contributed by atoms with Crippen molar-refractivity contribution in [1.82, 2.24) is 15.1 Å². The highest BCUT2D eigenvalue weighted by Gasteiger charge is 2.61. The zero-order valence-corrected chi connectivity index (χ0v) is 15.7. The van der Waals surface area contributed by atoms with Crippen molar-refractivity contribution in [2.24, 2.45) is 11.3 Å². The molecule has 1 atom stereocenters. The van der Waals surface area contributed by atoms with Gasteiger partial charge in [0.1, 0.15) is 0 Å². The highest BCUT2D eigenvalue weighted by atomic mass is 19.4. The maximum Gasteiger partial charge on any atom is 0.434 e. The van der Waals surface area contributed by atoms with Crippen molar-refractivity contribution in [3.8, 4) is 0 Å². The van der Waals surface area contributed by atoms with E-state index < -0.39 is 30.0 Å². The summed E-state index contributed by atoms with van der Waals surface area (Å²) in [6.07, 6.45) is -16.3. The second-order valence-electron chi connectivity index (χ2n) is 7.50. The Morgan fingerprint density at radius 1 is 1.13 bits per heavy atom. The van der Waals surface area contributed by atoms with E-state index in [0.29, 0.717) is 12.1 Å². The summed E-state index contributed by atoms with van der Waals surface area (Å²) in [7, 11) is 0. The van der Waals surface area contributed by atoms with Crippen molar-refractivity contribution in [1.29, 1.82) is 0 Å². The van der Waals surface area contributed by atoms with E-state index in [9.17, 15) is 35.9 Å². The lowest BCUT2D eigenvalue weighted by molar-refractivity contribution is -0.308. The van der Waals surface area contributed by atoms with Crippen LogP contribution in [0.5, 0.6) is 0 Å². The molecule has 0 aromatic carbocycles. The number of carbonyl (C=O) groups is 2. The first-order chi connectivity index (χ1) is 13.8. The monoisotopic (exact) mass is 440 g/mol. The fraction of sp³-hybridized carbons (Fsp3) is 0.647. The molecule has 0 bridgehead atoms. The maximum atomic E-state index is 12.5. The third kappa shape index (κ3) is 4.75. The smallest absolute Gasteiger partial charge is 0.426 e. The summed E-state index contributed by atoms with van der Waals surface area (Å²) >= 11 is 0. The molecule has 1 aromatic heterocycles. The first-order valence-electron chi connectivity index (χ1n) is 9.02. The molecule has 30 heavy (non-hydrogen) atoms. The molecule has 2 fully saturated rings. The van der Waals surface area contributed by atoms with Gasteiger partial charge < -0.3 is 15.0 Å². The predicted molar refractivity (Wildman–Crippen MR) is 89.1 cm³/mol. The lowest BCUT2D eigenvalue weighted by Gasteiger charge is -2.33. The number of piperidine rings is 1. The molecule has 7 nitrogen and oxygen atoms in total. The van der Waals surface area contributed by atoms with E-state index >= 15 is 0 Å². The Bertz CT molecular complexity index is 789. The topological polar surface area (TPSA) is 84.4 Å². The Labute approximate surface area is 166 Å². The van der Waals surface area contributed by atoms with Gasteiger partial charge in [0.15, 0.2) is 5.82 Å². The van der Waals surface area contributed by atoms with Crippen LogP contribution in [0.2, 0.25) is 0 Å². The summed E-state index contributed by atoms with van der Waals surface area (Å²) in [5.41, 5.74) is 0.236. The molecule has 1 aliphatic carbocycles. The molecular weight excluding hydrogens is 422 g/mol. The number of ether oxygens (including phenoxy) is 1. The lowest BCUT2D eigenvalue weighted by Crippen LogP contribution is -2.49. The Morgan fingerprint density at radius 3 is 2.23 bits per heavy atom. The number of rotatable bonds is 3. The number of anilines is 1. The Balaban J connectivity index is 1.53. The van der Waals surface area contributed by atoms with Crippen LogP contribution in [0.1, 0.15) is 25.0 Å². The van der Waals surface area contributed by atoms with Crippen LogP contribution in [0.3, 0.4) is 0 Å². The Morgan fingerprint density at radius 2 is 1.73 bits per heavy atom. The second kappa shape index (κ2) is 7.58. The van der Waals surface area contributed by atoms with E-state index in [1.807, 2.05) is 0 Å². The van der Waals surface area contributed by atoms with Crippen LogP contribution in [0.15, 0.2) is 12.1 Å². The molecule has 2 heterocycles. The number of hydrogen-bond acceptors (Lipinski definition) is 5. The summed E-state index contributed by atoms with van der Waals surface area (Å²) in [4.78, 5) is 25.0. The first-order valence-corrected chi connectivity index (χ1v) is 9.02. The number of likely N-dealkylation sites (tertiary alicyclic amines) is 1. The van der Waals surface area contributed by atoms with Crippen molar-refractivity contribution in [2.45, 2.75) is 44.6 Å². The average molecular weight is 440 g/mol. The second-order valence-corrected chi connectivity index (χ2v) is 7.50. The van der Waals surface area contributed by atoms with Gasteiger partial charge in [0.2, 0.25) is 5.91 Å². The molecular formula is C17H18F6N4O3. The molecule has 1 aliphatic heterocycles. The minimum Gasteiger partial charge on any atom is -0.426 e. The number of amides is 2. The van der Waals surface area contributed by atoms with Crippen molar-refractivity contribution in [3.63, 3.8) is 0 Å². The van der Waals surface area contributed by atoms with E-state index in [2.05, 4.69) is 20.3 Å².